The number of piperazine rings is 1. The van der Waals surface area contributed by atoms with Crippen molar-refractivity contribution in [3.8, 4) is 5.75 Å². The SMILES string of the molecule is COc1cc(N2CCN(S(=O)(=O)CCCN3CCC(O)CC3)CC2)ccc1Nc1nc(NC2CCCCC2)c2[nH]c[nH+]c2n1. The smallest absolute Gasteiger partial charge is 0.307 e. The lowest BCUT2D eigenvalue weighted by molar-refractivity contribution is -0.347. The zero-order chi connectivity index (χ0) is 30.5. The first-order valence-corrected chi connectivity index (χ1v) is 17.6. The monoisotopic (exact) mass is 628 g/mol. The van der Waals surface area contributed by atoms with Crippen LogP contribution in [0.3, 0.4) is 0 Å². The summed E-state index contributed by atoms with van der Waals surface area (Å²) in [5.74, 6) is 2.06. The number of hydrogen-bond acceptors (Lipinski definition) is 10. The summed E-state index contributed by atoms with van der Waals surface area (Å²) in [6.07, 6.45) is 9.72. The molecule has 14 heteroatoms. The van der Waals surface area contributed by atoms with E-state index in [1.165, 1.54) is 19.3 Å². The van der Waals surface area contributed by atoms with Gasteiger partial charge >= 0.3 is 11.6 Å². The van der Waals surface area contributed by atoms with Crippen molar-refractivity contribution in [3.05, 3.63) is 24.5 Å². The fourth-order valence-corrected chi connectivity index (χ4v) is 8.02. The molecule has 1 saturated carbocycles. The van der Waals surface area contributed by atoms with E-state index in [1.54, 1.807) is 17.7 Å². The van der Waals surface area contributed by atoms with E-state index in [0.29, 0.717) is 50.3 Å². The van der Waals surface area contributed by atoms with Gasteiger partial charge in [0.15, 0.2) is 12.1 Å². The number of aromatic nitrogens is 4. The van der Waals surface area contributed by atoms with Crippen molar-refractivity contribution in [2.24, 2.45) is 0 Å². The molecule has 13 nitrogen and oxygen atoms in total. The van der Waals surface area contributed by atoms with E-state index in [4.69, 9.17) is 9.72 Å². The molecule has 4 heterocycles. The number of rotatable bonds is 11. The molecule has 5 N–H and O–H groups in total. The molecule has 6 rings (SSSR count). The second kappa shape index (κ2) is 13.8. The number of anilines is 4. The molecule has 240 valence electrons. The number of nitrogens with one attached hydrogen (secondary N) is 4. The molecule has 3 aromatic rings. The molecular weight excluding hydrogens is 582 g/mol. The third kappa shape index (κ3) is 7.36. The number of methoxy groups -OCH3 is 1. The standard InChI is InChI=1S/C30H45N9O4S/c1-43-26-20-23(38-15-17-39(18-16-38)44(41,42)19-5-12-37-13-10-24(40)11-14-37)8-9-25(26)34-30-35-28-27(31-21-32-28)29(36-30)33-22-6-3-2-4-7-22/h8-9,20-22,24,40H,2-7,10-19H2,1H3,(H3,31,32,33,34,35,36)/p+1. The zero-order valence-electron chi connectivity index (χ0n) is 25.6. The predicted octanol–water partition coefficient (Wildman–Crippen LogP) is 2.57. The highest BCUT2D eigenvalue weighted by Crippen LogP contribution is 2.33. The second-order valence-electron chi connectivity index (χ2n) is 12.2. The van der Waals surface area contributed by atoms with E-state index in [1.807, 2.05) is 18.2 Å². The number of sulfonamides is 1. The van der Waals surface area contributed by atoms with Gasteiger partial charge in [0.25, 0.3) is 0 Å². The summed E-state index contributed by atoms with van der Waals surface area (Å²) in [6.45, 7) is 4.56. The largest absolute Gasteiger partial charge is 0.494 e. The lowest BCUT2D eigenvalue weighted by Gasteiger charge is -2.36. The van der Waals surface area contributed by atoms with Crippen LogP contribution in [0, 0.1) is 0 Å². The van der Waals surface area contributed by atoms with Gasteiger partial charge < -0.3 is 30.3 Å². The molecule has 0 bridgehead atoms. The van der Waals surface area contributed by atoms with Crippen LogP contribution in [0.4, 0.5) is 23.1 Å². The quantitative estimate of drug-likeness (QED) is 0.249. The highest BCUT2D eigenvalue weighted by atomic mass is 32.2. The summed E-state index contributed by atoms with van der Waals surface area (Å²) in [5, 5.41) is 16.6. The van der Waals surface area contributed by atoms with Crippen LogP contribution in [0.15, 0.2) is 24.5 Å². The number of ether oxygens (including phenoxy) is 1. The number of hydrogen-bond donors (Lipinski definition) is 4. The first-order chi connectivity index (χ1) is 21.4. The molecule has 2 saturated heterocycles. The number of piperidine rings is 1. The summed E-state index contributed by atoms with van der Waals surface area (Å²) in [4.78, 5) is 20.3. The van der Waals surface area contributed by atoms with Gasteiger partial charge in [0.2, 0.25) is 15.5 Å². The Labute approximate surface area is 259 Å². The average Bonchev–Trinajstić information content (AvgIpc) is 3.52. The van der Waals surface area contributed by atoms with Crippen molar-refractivity contribution in [1.29, 1.82) is 0 Å². The van der Waals surface area contributed by atoms with Crippen LogP contribution in [-0.2, 0) is 10.0 Å². The maximum Gasteiger partial charge on any atom is 0.307 e. The van der Waals surface area contributed by atoms with Gasteiger partial charge in [-0.05, 0) is 50.8 Å². The van der Waals surface area contributed by atoms with Crippen LogP contribution in [0.25, 0.3) is 11.2 Å². The van der Waals surface area contributed by atoms with Crippen molar-refractivity contribution in [2.45, 2.75) is 63.5 Å². The Morgan fingerprint density at radius 1 is 1.05 bits per heavy atom. The highest BCUT2D eigenvalue weighted by molar-refractivity contribution is 7.89. The first-order valence-electron chi connectivity index (χ1n) is 16.0. The van der Waals surface area contributed by atoms with Gasteiger partial charge in [-0.15, -0.1) is 0 Å². The number of nitrogens with zero attached hydrogens (tertiary/aromatic N) is 5. The first kappa shape index (κ1) is 30.8. The minimum absolute atomic E-state index is 0.159. The molecule has 2 aromatic heterocycles. The number of aliphatic hydroxyl groups excluding tert-OH is 1. The van der Waals surface area contributed by atoms with E-state index in [-0.39, 0.29) is 11.9 Å². The van der Waals surface area contributed by atoms with E-state index in [9.17, 15) is 13.5 Å². The van der Waals surface area contributed by atoms with Crippen LogP contribution < -0.4 is 25.3 Å². The van der Waals surface area contributed by atoms with Crippen molar-refractivity contribution in [2.75, 3.05) is 74.2 Å². The summed E-state index contributed by atoms with van der Waals surface area (Å²) >= 11 is 0. The summed E-state index contributed by atoms with van der Waals surface area (Å²) in [7, 11) is -1.67. The maximum atomic E-state index is 13.0. The number of benzene rings is 1. The lowest BCUT2D eigenvalue weighted by Crippen LogP contribution is -2.49. The van der Waals surface area contributed by atoms with Crippen molar-refractivity contribution in [3.63, 3.8) is 0 Å². The minimum atomic E-state index is -3.31. The lowest BCUT2D eigenvalue weighted by atomic mass is 9.95. The van der Waals surface area contributed by atoms with Gasteiger partial charge in [0.05, 0.1) is 24.7 Å². The number of aromatic amines is 2. The molecule has 3 aliphatic rings. The van der Waals surface area contributed by atoms with Gasteiger partial charge in [0, 0.05) is 57.1 Å². The summed E-state index contributed by atoms with van der Waals surface area (Å²) < 4.78 is 33.5. The third-order valence-corrected chi connectivity index (χ3v) is 11.1. The molecule has 1 aliphatic carbocycles. The fourth-order valence-electron chi connectivity index (χ4n) is 6.55. The molecule has 0 amide bonds. The van der Waals surface area contributed by atoms with Gasteiger partial charge in [-0.1, -0.05) is 24.2 Å². The third-order valence-electron chi connectivity index (χ3n) is 9.14. The van der Waals surface area contributed by atoms with Gasteiger partial charge in [-0.3, -0.25) is 4.98 Å². The van der Waals surface area contributed by atoms with Crippen LogP contribution in [-0.4, -0.2) is 109 Å². The molecule has 3 fully saturated rings. The van der Waals surface area contributed by atoms with E-state index in [0.717, 1.165) is 73.7 Å². The Morgan fingerprint density at radius 2 is 1.82 bits per heavy atom. The highest BCUT2D eigenvalue weighted by Gasteiger charge is 2.28. The van der Waals surface area contributed by atoms with E-state index >= 15 is 0 Å². The number of fused-ring (bicyclic) bond motifs is 1. The molecule has 0 spiro atoms. The van der Waals surface area contributed by atoms with Gasteiger partial charge in [-0.25, -0.2) is 13.4 Å². The fraction of sp³-hybridized carbons (Fsp3) is 0.633. The van der Waals surface area contributed by atoms with Gasteiger partial charge in [0.1, 0.15) is 5.75 Å². The Bertz CT molecular complexity index is 1500. The molecule has 0 radical (unpaired) electrons. The minimum Gasteiger partial charge on any atom is -0.494 e. The Kier molecular flexibility index (Phi) is 9.69. The normalized spacial score (nSPS) is 19.8. The Morgan fingerprint density at radius 3 is 2.57 bits per heavy atom. The Hall–Kier alpha value is -3.20. The van der Waals surface area contributed by atoms with Gasteiger partial charge in [-0.2, -0.15) is 9.29 Å². The van der Waals surface area contributed by atoms with Crippen LogP contribution >= 0.6 is 0 Å². The summed E-state index contributed by atoms with van der Waals surface area (Å²) in [5.41, 5.74) is 3.30. The van der Waals surface area contributed by atoms with E-state index < -0.39 is 10.0 Å². The number of likely N-dealkylation sites (tertiary alicyclic amines) is 1. The molecule has 44 heavy (non-hydrogen) atoms. The number of imidazole rings is 1. The zero-order valence-corrected chi connectivity index (χ0v) is 26.4. The van der Waals surface area contributed by atoms with Crippen molar-refractivity contribution < 1.29 is 23.2 Å². The Balaban J connectivity index is 1.06. The summed E-state index contributed by atoms with van der Waals surface area (Å²) in [6, 6.07) is 6.36. The van der Waals surface area contributed by atoms with Crippen LogP contribution in [0.1, 0.15) is 51.4 Å². The number of H-pyrrole nitrogens is 2. The van der Waals surface area contributed by atoms with Crippen molar-refractivity contribution in [1.82, 2.24) is 24.2 Å². The molecular formula is C30H46N9O4S+. The van der Waals surface area contributed by atoms with E-state index in [2.05, 4.69) is 35.4 Å². The maximum absolute atomic E-state index is 13.0. The molecule has 0 atom stereocenters. The van der Waals surface area contributed by atoms with Crippen LogP contribution in [0.2, 0.25) is 0 Å². The van der Waals surface area contributed by atoms with Crippen molar-refractivity contribution >= 4 is 44.3 Å². The van der Waals surface area contributed by atoms with Crippen LogP contribution in [0.5, 0.6) is 5.75 Å². The number of aliphatic hydroxyl groups is 1. The molecule has 2 aliphatic heterocycles. The second-order valence-corrected chi connectivity index (χ2v) is 14.3. The topological polar surface area (TPSA) is 153 Å². The predicted molar refractivity (Wildman–Crippen MR) is 171 cm³/mol. The molecule has 1 aromatic carbocycles. The molecule has 0 unspecified atom stereocenters. The average molecular weight is 629 g/mol.